The van der Waals surface area contributed by atoms with Gasteiger partial charge < -0.3 is 15.8 Å². The zero-order valence-electron chi connectivity index (χ0n) is 11.5. The Morgan fingerprint density at radius 1 is 1.30 bits per heavy atom. The van der Waals surface area contributed by atoms with E-state index >= 15 is 0 Å². The molecule has 0 aliphatic rings. The Morgan fingerprint density at radius 2 is 2.05 bits per heavy atom. The molecular weight excluding hydrogens is 276 g/mol. The normalized spacial score (nSPS) is 10.6. The molecule has 106 valence electrons. The molecule has 0 radical (unpaired) electrons. The number of anilines is 3. The molecule has 6 heteroatoms. The number of halogens is 1. The lowest BCUT2D eigenvalue weighted by atomic mass is 10.1. The lowest BCUT2D eigenvalue weighted by Gasteiger charge is -2.13. The van der Waals surface area contributed by atoms with Crippen molar-refractivity contribution in [2.24, 2.45) is 0 Å². The smallest absolute Gasteiger partial charge is 0.224 e. The Kier molecular flexibility index (Phi) is 4.76. The minimum Gasteiger partial charge on any atom is -0.394 e. The first-order valence-electron chi connectivity index (χ1n) is 6.25. The van der Waals surface area contributed by atoms with Gasteiger partial charge in [-0.25, -0.2) is 4.98 Å². The molecule has 0 unspecified atom stereocenters. The summed E-state index contributed by atoms with van der Waals surface area (Å²) in [5.74, 6) is 0.521. The van der Waals surface area contributed by atoms with Crippen molar-refractivity contribution in [1.29, 1.82) is 0 Å². The predicted molar refractivity (Wildman–Crippen MR) is 81.5 cm³/mol. The summed E-state index contributed by atoms with van der Waals surface area (Å²) in [7, 11) is 1.68. The average molecular weight is 293 g/mol. The number of nitrogen functional groups attached to an aromatic ring is 1. The molecule has 0 bridgehead atoms. The van der Waals surface area contributed by atoms with Gasteiger partial charge >= 0.3 is 0 Å². The number of hydrogen-bond acceptors (Lipinski definition) is 5. The first kappa shape index (κ1) is 14.6. The van der Waals surface area contributed by atoms with Crippen LogP contribution in [0.1, 0.15) is 11.3 Å². The van der Waals surface area contributed by atoms with E-state index < -0.39 is 0 Å². The van der Waals surface area contributed by atoms with Gasteiger partial charge in [0.05, 0.1) is 18.0 Å². The van der Waals surface area contributed by atoms with Crippen molar-refractivity contribution in [3.05, 3.63) is 40.8 Å². The second kappa shape index (κ2) is 6.54. The number of nitrogens with zero attached hydrogens (tertiary/aromatic N) is 2. The van der Waals surface area contributed by atoms with Crippen molar-refractivity contribution in [3.8, 4) is 0 Å². The Bertz CT molecular complexity index is 604. The lowest BCUT2D eigenvalue weighted by Crippen LogP contribution is -2.06. The minimum absolute atomic E-state index is 0.175. The molecule has 2 rings (SSSR count). The Balaban J connectivity index is 2.30. The van der Waals surface area contributed by atoms with Crippen LogP contribution in [0.25, 0.3) is 0 Å². The number of nitrogens with two attached hydrogens (primary N) is 1. The summed E-state index contributed by atoms with van der Waals surface area (Å²) in [6, 6.07) is 7.94. The number of nitrogens with one attached hydrogen (secondary N) is 1. The second-order valence-electron chi connectivity index (χ2n) is 4.37. The number of aryl methyl sites for hydroxylation is 1. The molecule has 0 spiro atoms. The number of para-hydroxylation sites is 1. The van der Waals surface area contributed by atoms with Crippen LogP contribution in [-0.2, 0) is 11.2 Å². The zero-order valence-corrected chi connectivity index (χ0v) is 12.2. The van der Waals surface area contributed by atoms with Crippen LogP contribution in [0.4, 0.5) is 17.2 Å². The monoisotopic (exact) mass is 292 g/mol. The van der Waals surface area contributed by atoms with Crippen molar-refractivity contribution < 1.29 is 4.74 Å². The summed E-state index contributed by atoms with van der Waals surface area (Å²) < 4.78 is 5.11. The van der Waals surface area contributed by atoms with Crippen molar-refractivity contribution in [1.82, 2.24) is 9.97 Å². The topological polar surface area (TPSA) is 73.1 Å². The molecule has 1 aromatic carbocycles. The SMILES string of the molecule is COCCc1ccccc1Nc1nc(Cl)nc(C)c1N. The molecular formula is C14H17ClN4O. The van der Waals surface area contributed by atoms with Gasteiger partial charge in [-0.1, -0.05) is 18.2 Å². The Morgan fingerprint density at radius 3 is 2.80 bits per heavy atom. The number of rotatable bonds is 5. The molecule has 1 heterocycles. The quantitative estimate of drug-likeness (QED) is 0.829. The van der Waals surface area contributed by atoms with Crippen molar-refractivity contribution >= 4 is 28.8 Å². The van der Waals surface area contributed by atoms with Gasteiger partial charge in [0.1, 0.15) is 0 Å². The van der Waals surface area contributed by atoms with Crippen LogP contribution < -0.4 is 11.1 Å². The van der Waals surface area contributed by atoms with Gasteiger partial charge in [0.2, 0.25) is 5.28 Å². The van der Waals surface area contributed by atoms with E-state index in [2.05, 4.69) is 15.3 Å². The van der Waals surface area contributed by atoms with Crippen LogP contribution in [0.15, 0.2) is 24.3 Å². The van der Waals surface area contributed by atoms with Gasteiger partial charge in [-0.2, -0.15) is 4.98 Å². The largest absolute Gasteiger partial charge is 0.394 e. The zero-order chi connectivity index (χ0) is 14.5. The summed E-state index contributed by atoms with van der Waals surface area (Å²) in [4.78, 5) is 8.15. The summed E-state index contributed by atoms with van der Waals surface area (Å²) in [6.45, 7) is 2.45. The third-order valence-corrected chi connectivity index (χ3v) is 3.12. The fraction of sp³-hybridized carbons (Fsp3) is 0.286. The van der Waals surface area contributed by atoms with Gasteiger partial charge in [-0.3, -0.25) is 0 Å². The number of methoxy groups -OCH3 is 1. The molecule has 1 aromatic heterocycles. The van der Waals surface area contributed by atoms with Crippen LogP contribution in [0.5, 0.6) is 0 Å². The number of ether oxygens (including phenoxy) is 1. The summed E-state index contributed by atoms with van der Waals surface area (Å²) in [5, 5.41) is 3.39. The van der Waals surface area contributed by atoms with Gasteiger partial charge in [0.25, 0.3) is 0 Å². The van der Waals surface area contributed by atoms with E-state index in [-0.39, 0.29) is 5.28 Å². The van der Waals surface area contributed by atoms with Gasteiger partial charge in [-0.05, 0) is 36.6 Å². The number of benzene rings is 1. The molecule has 0 amide bonds. The fourth-order valence-electron chi connectivity index (χ4n) is 1.84. The summed E-state index contributed by atoms with van der Waals surface area (Å²) in [6.07, 6.45) is 0.803. The van der Waals surface area contributed by atoms with E-state index in [9.17, 15) is 0 Å². The van der Waals surface area contributed by atoms with Crippen LogP contribution in [0, 0.1) is 6.92 Å². The van der Waals surface area contributed by atoms with Gasteiger partial charge in [-0.15, -0.1) is 0 Å². The first-order valence-corrected chi connectivity index (χ1v) is 6.63. The highest BCUT2D eigenvalue weighted by atomic mass is 35.5. The lowest BCUT2D eigenvalue weighted by molar-refractivity contribution is 0.202. The first-order chi connectivity index (χ1) is 9.61. The fourth-order valence-corrected chi connectivity index (χ4v) is 2.05. The predicted octanol–water partition coefficient (Wildman–Crippen LogP) is 2.95. The number of aromatic nitrogens is 2. The molecule has 3 N–H and O–H groups in total. The third kappa shape index (κ3) is 3.37. The highest BCUT2D eigenvalue weighted by molar-refractivity contribution is 6.28. The molecule has 0 saturated heterocycles. The Labute approximate surface area is 123 Å². The third-order valence-electron chi connectivity index (χ3n) is 2.95. The molecule has 5 nitrogen and oxygen atoms in total. The van der Waals surface area contributed by atoms with Gasteiger partial charge in [0, 0.05) is 12.8 Å². The average Bonchev–Trinajstić information content (AvgIpc) is 2.43. The van der Waals surface area contributed by atoms with E-state index in [1.54, 1.807) is 14.0 Å². The second-order valence-corrected chi connectivity index (χ2v) is 4.70. The highest BCUT2D eigenvalue weighted by Crippen LogP contribution is 2.26. The van der Waals surface area contributed by atoms with Crippen LogP contribution in [0.3, 0.4) is 0 Å². The molecule has 0 aliphatic carbocycles. The van der Waals surface area contributed by atoms with Gasteiger partial charge in [0.15, 0.2) is 5.82 Å². The molecule has 0 saturated carbocycles. The maximum atomic E-state index is 5.98. The number of hydrogen-bond donors (Lipinski definition) is 2. The molecule has 0 fully saturated rings. The summed E-state index contributed by atoms with van der Waals surface area (Å²) in [5.41, 5.74) is 9.19. The van der Waals surface area contributed by atoms with Crippen molar-refractivity contribution in [2.45, 2.75) is 13.3 Å². The van der Waals surface area contributed by atoms with Crippen molar-refractivity contribution in [2.75, 3.05) is 24.8 Å². The van der Waals surface area contributed by atoms with Crippen LogP contribution in [0.2, 0.25) is 5.28 Å². The van der Waals surface area contributed by atoms with E-state index in [0.29, 0.717) is 23.8 Å². The highest BCUT2D eigenvalue weighted by Gasteiger charge is 2.10. The van der Waals surface area contributed by atoms with Crippen molar-refractivity contribution in [3.63, 3.8) is 0 Å². The van der Waals surface area contributed by atoms with Crippen LogP contribution in [-0.4, -0.2) is 23.7 Å². The Hall–Kier alpha value is -1.85. The molecule has 20 heavy (non-hydrogen) atoms. The van der Waals surface area contributed by atoms with E-state index in [1.807, 2.05) is 24.3 Å². The van der Waals surface area contributed by atoms with E-state index in [4.69, 9.17) is 22.1 Å². The summed E-state index contributed by atoms with van der Waals surface area (Å²) >= 11 is 5.87. The minimum atomic E-state index is 0.175. The molecule has 0 atom stereocenters. The van der Waals surface area contributed by atoms with E-state index in [0.717, 1.165) is 17.7 Å². The maximum absolute atomic E-state index is 5.98. The molecule has 0 aliphatic heterocycles. The van der Waals surface area contributed by atoms with Crippen LogP contribution >= 0.6 is 11.6 Å². The maximum Gasteiger partial charge on any atom is 0.224 e. The standard InChI is InChI=1S/C14H17ClN4O/c1-9-12(16)13(19-14(15)17-9)18-11-6-4-3-5-10(11)7-8-20-2/h3-6H,7-8,16H2,1-2H3,(H,17,18,19). The molecule has 2 aromatic rings. The van der Waals surface area contributed by atoms with E-state index in [1.165, 1.54) is 0 Å².